The van der Waals surface area contributed by atoms with Gasteiger partial charge in [-0.3, -0.25) is 19.7 Å². The van der Waals surface area contributed by atoms with Gasteiger partial charge in [0.1, 0.15) is 5.41 Å². The van der Waals surface area contributed by atoms with Crippen molar-refractivity contribution in [3.63, 3.8) is 0 Å². The Morgan fingerprint density at radius 3 is 2.41 bits per heavy atom. The van der Waals surface area contributed by atoms with Gasteiger partial charge in [0, 0.05) is 19.0 Å². The SMILES string of the molecule is O=C1CCC2(CCN(C3CCC3C3CCCC3)C2=O)C(=O)N1. The number of carbonyl (C=O) groups is 3. The molecule has 0 aromatic carbocycles. The summed E-state index contributed by atoms with van der Waals surface area (Å²) in [6.45, 7) is 0.689. The van der Waals surface area contributed by atoms with Gasteiger partial charge in [-0.25, -0.2) is 0 Å². The number of piperidine rings is 1. The van der Waals surface area contributed by atoms with Gasteiger partial charge in [0.05, 0.1) is 0 Å². The molecule has 1 spiro atoms. The number of nitrogens with one attached hydrogen (secondary N) is 1. The molecule has 5 heteroatoms. The van der Waals surface area contributed by atoms with E-state index in [4.69, 9.17) is 0 Å². The Labute approximate surface area is 130 Å². The van der Waals surface area contributed by atoms with Crippen LogP contribution in [-0.4, -0.2) is 35.2 Å². The maximum Gasteiger partial charge on any atom is 0.242 e. The minimum absolute atomic E-state index is 0.00908. The fourth-order valence-electron chi connectivity index (χ4n) is 5.13. The molecule has 2 heterocycles. The summed E-state index contributed by atoms with van der Waals surface area (Å²) in [4.78, 5) is 38.6. The predicted octanol–water partition coefficient (Wildman–Crippen LogP) is 1.61. The lowest BCUT2D eigenvalue weighted by atomic mass is 9.70. The summed E-state index contributed by atoms with van der Waals surface area (Å²) in [5.41, 5.74) is -0.941. The van der Waals surface area contributed by atoms with Gasteiger partial charge >= 0.3 is 0 Å². The summed E-state index contributed by atoms with van der Waals surface area (Å²) in [6.07, 6.45) is 8.87. The Kier molecular flexibility index (Phi) is 3.27. The minimum atomic E-state index is -0.941. The molecule has 4 fully saturated rings. The fourth-order valence-corrected chi connectivity index (χ4v) is 5.13. The Morgan fingerprint density at radius 1 is 1.00 bits per heavy atom. The number of imide groups is 1. The lowest BCUT2D eigenvalue weighted by molar-refractivity contribution is -0.153. The molecule has 120 valence electrons. The summed E-state index contributed by atoms with van der Waals surface area (Å²) < 4.78 is 0. The normalized spacial score (nSPS) is 39.5. The van der Waals surface area contributed by atoms with Crippen LogP contribution in [0, 0.1) is 17.3 Å². The highest BCUT2D eigenvalue weighted by Crippen LogP contribution is 2.48. The second-order valence-corrected chi connectivity index (χ2v) is 7.56. The zero-order valence-corrected chi connectivity index (χ0v) is 13.0. The third kappa shape index (κ3) is 1.94. The van der Waals surface area contributed by atoms with Gasteiger partial charge in [-0.05, 0) is 37.5 Å². The van der Waals surface area contributed by atoms with Gasteiger partial charge in [-0.1, -0.05) is 25.7 Å². The topological polar surface area (TPSA) is 66.5 Å². The van der Waals surface area contributed by atoms with Crippen molar-refractivity contribution < 1.29 is 14.4 Å². The Balaban J connectivity index is 1.49. The number of carbonyl (C=O) groups excluding carboxylic acids is 3. The zero-order chi connectivity index (χ0) is 15.3. The molecule has 0 aromatic rings. The van der Waals surface area contributed by atoms with E-state index in [0.717, 1.165) is 12.3 Å². The molecule has 0 bridgehead atoms. The molecule has 22 heavy (non-hydrogen) atoms. The van der Waals surface area contributed by atoms with Crippen molar-refractivity contribution in [3.8, 4) is 0 Å². The van der Waals surface area contributed by atoms with Crippen LogP contribution in [-0.2, 0) is 14.4 Å². The fraction of sp³-hybridized carbons (Fsp3) is 0.824. The van der Waals surface area contributed by atoms with Crippen molar-refractivity contribution in [1.29, 1.82) is 0 Å². The van der Waals surface area contributed by atoms with Gasteiger partial charge in [0.2, 0.25) is 17.7 Å². The summed E-state index contributed by atoms with van der Waals surface area (Å²) >= 11 is 0. The average Bonchev–Trinajstić information content (AvgIpc) is 3.06. The van der Waals surface area contributed by atoms with Gasteiger partial charge in [0.15, 0.2) is 0 Å². The van der Waals surface area contributed by atoms with E-state index < -0.39 is 5.41 Å². The van der Waals surface area contributed by atoms with E-state index in [0.29, 0.717) is 37.8 Å². The van der Waals surface area contributed by atoms with Crippen LogP contribution in [0.25, 0.3) is 0 Å². The zero-order valence-electron chi connectivity index (χ0n) is 13.0. The van der Waals surface area contributed by atoms with E-state index in [1.165, 1.54) is 32.1 Å². The smallest absolute Gasteiger partial charge is 0.242 e. The van der Waals surface area contributed by atoms with Crippen molar-refractivity contribution >= 4 is 17.7 Å². The van der Waals surface area contributed by atoms with E-state index >= 15 is 0 Å². The lowest BCUT2D eigenvalue weighted by Crippen LogP contribution is -2.56. The van der Waals surface area contributed by atoms with Crippen molar-refractivity contribution in [2.24, 2.45) is 17.3 Å². The summed E-state index contributed by atoms with van der Waals surface area (Å²) in [5.74, 6) is 0.826. The average molecular weight is 304 g/mol. The maximum atomic E-state index is 12.9. The lowest BCUT2D eigenvalue weighted by Gasteiger charge is -2.46. The van der Waals surface area contributed by atoms with E-state index in [1.807, 2.05) is 4.90 Å². The molecule has 2 saturated heterocycles. The molecule has 1 N–H and O–H groups in total. The van der Waals surface area contributed by atoms with Crippen LogP contribution in [0.1, 0.15) is 57.8 Å². The van der Waals surface area contributed by atoms with E-state index in [-0.39, 0.29) is 17.7 Å². The predicted molar refractivity (Wildman–Crippen MR) is 79.6 cm³/mol. The van der Waals surface area contributed by atoms with Crippen molar-refractivity contribution in [2.75, 3.05) is 6.54 Å². The van der Waals surface area contributed by atoms with Crippen LogP contribution in [0.15, 0.2) is 0 Å². The van der Waals surface area contributed by atoms with Crippen LogP contribution in [0.3, 0.4) is 0 Å². The molecule has 4 aliphatic rings. The van der Waals surface area contributed by atoms with Crippen molar-refractivity contribution in [1.82, 2.24) is 10.2 Å². The number of hydrogen-bond acceptors (Lipinski definition) is 3. The molecule has 3 unspecified atom stereocenters. The van der Waals surface area contributed by atoms with Crippen LogP contribution >= 0.6 is 0 Å². The van der Waals surface area contributed by atoms with Crippen LogP contribution < -0.4 is 5.32 Å². The first-order valence-electron chi connectivity index (χ1n) is 8.77. The van der Waals surface area contributed by atoms with Gasteiger partial charge < -0.3 is 4.90 Å². The molecule has 2 aliphatic heterocycles. The Bertz CT molecular complexity index is 526. The van der Waals surface area contributed by atoms with Gasteiger partial charge in [-0.2, -0.15) is 0 Å². The number of nitrogens with zero attached hydrogens (tertiary/aromatic N) is 1. The summed E-state index contributed by atoms with van der Waals surface area (Å²) in [6, 6.07) is 0.348. The third-order valence-electron chi connectivity index (χ3n) is 6.61. The second kappa shape index (κ2) is 5.07. The molecule has 2 aliphatic carbocycles. The van der Waals surface area contributed by atoms with E-state index in [9.17, 15) is 14.4 Å². The second-order valence-electron chi connectivity index (χ2n) is 7.56. The number of rotatable bonds is 2. The quantitative estimate of drug-likeness (QED) is 0.622. The third-order valence-corrected chi connectivity index (χ3v) is 6.61. The highest BCUT2D eigenvalue weighted by atomic mass is 16.2. The Hall–Kier alpha value is -1.39. The van der Waals surface area contributed by atoms with Crippen molar-refractivity contribution in [3.05, 3.63) is 0 Å². The number of likely N-dealkylation sites (tertiary alicyclic amines) is 1. The molecule has 0 radical (unpaired) electrons. The highest BCUT2D eigenvalue weighted by Gasteiger charge is 2.57. The molecule has 3 atom stereocenters. The molecule has 5 nitrogen and oxygen atoms in total. The number of amides is 3. The highest BCUT2D eigenvalue weighted by molar-refractivity contribution is 6.13. The number of hydrogen-bond donors (Lipinski definition) is 1. The van der Waals surface area contributed by atoms with Crippen molar-refractivity contribution in [2.45, 2.75) is 63.8 Å². The molecular formula is C17H24N2O3. The Morgan fingerprint density at radius 2 is 1.77 bits per heavy atom. The first-order chi connectivity index (χ1) is 10.6. The molecule has 0 aromatic heterocycles. The standard InChI is InChI=1S/C17H24N2O3/c20-14-7-8-17(15(21)18-14)9-10-19(16(17)22)13-6-5-12(13)11-3-1-2-4-11/h11-13H,1-10H2,(H,18,20,21). The minimum Gasteiger partial charge on any atom is -0.338 e. The monoisotopic (exact) mass is 304 g/mol. The molecule has 3 amide bonds. The maximum absolute atomic E-state index is 12.9. The van der Waals surface area contributed by atoms with Crippen LogP contribution in [0.5, 0.6) is 0 Å². The van der Waals surface area contributed by atoms with Crippen LogP contribution in [0.4, 0.5) is 0 Å². The van der Waals surface area contributed by atoms with Gasteiger partial charge in [0.25, 0.3) is 0 Å². The van der Waals surface area contributed by atoms with Crippen LogP contribution in [0.2, 0.25) is 0 Å². The van der Waals surface area contributed by atoms with E-state index in [1.54, 1.807) is 0 Å². The molecular weight excluding hydrogens is 280 g/mol. The summed E-state index contributed by atoms with van der Waals surface area (Å²) in [5, 5.41) is 2.38. The van der Waals surface area contributed by atoms with Gasteiger partial charge in [-0.15, -0.1) is 0 Å². The molecule has 4 rings (SSSR count). The first-order valence-corrected chi connectivity index (χ1v) is 8.77. The molecule has 2 saturated carbocycles. The summed E-state index contributed by atoms with van der Waals surface area (Å²) in [7, 11) is 0. The first kappa shape index (κ1) is 14.2. The largest absolute Gasteiger partial charge is 0.338 e. The van der Waals surface area contributed by atoms with E-state index in [2.05, 4.69) is 5.32 Å².